The molecule has 0 radical (unpaired) electrons. The van der Waals surface area contributed by atoms with E-state index in [1.807, 2.05) is 67.5 Å². The molecule has 0 bridgehead atoms. The zero-order chi connectivity index (χ0) is 28.8. The Hall–Kier alpha value is -3.89. The fourth-order valence-electron chi connectivity index (χ4n) is 4.44. The van der Waals surface area contributed by atoms with Crippen LogP contribution < -0.4 is 23.8 Å². The van der Waals surface area contributed by atoms with Gasteiger partial charge >= 0.3 is 5.97 Å². The average Bonchev–Trinajstić information content (AvgIpc) is 3.09. The van der Waals surface area contributed by atoms with Crippen LogP contribution in [0.15, 0.2) is 65.6 Å². The Bertz CT molecular complexity index is 1320. The Labute approximate surface area is 238 Å². The molecule has 40 heavy (non-hydrogen) atoms. The molecule has 1 aliphatic heterocycles. The summed E-state index contributed by atoms with van der Waals surface area (Å²) in [6.07, 6.45) is -1.13. The fourth-order valence-corrected chi connectivity index (χ4v) is 5.76. The van der Waals surface area contributed by atoms with Gasteiger partial charge in [0.05, 0.1) is 44.9 Å². The first kappa shape index (κ1) is 29.1. The number of rotatable bonds is 10. The van der Waals surface area contributed by atoms with E-state index in [1.54, 1.807) is 12.0 Å². The molecule has 0 spiro atoms. The normalized spacial score (nSPS) is 16.7. The summed E-state index contributed by atoms with van der Waals surface area (Å²) >= 11 is 1.49. The second-order valence-electron chi connectivity index (χ2n) is 9.31. The van der Waals surface area contributed by atoms with Crippen molar-refractivity contribution in [1.29, 1.82) is 0 Å². The molecular formula is C30H34N2O7S. The van der Waals surface area contributed by atoms with Crippen molar-refractivity contribution in [1.82, 2.24) is 4.90 Å². The number of anilines is 1. The molecule has 1 heterocycles. The highest BCUT2D eigenvalue weighted by Gasteiger charge is 2.41. The van der Waals surface area contributed by atoms with Gasteiger partial charge in [0.2, 0.25) is 5.75 Å². The van der Waals surface area contributed by atoms with Crippen molar-refractivity contribution in [2.75, 3.05) is 60.5 Å². The maximum absolute atomic E-state index is 14.3. The molecule has 3 aromatic rings. The van der Waals surface area contributed by atoms with Crippen LogP contribution in [0.25, 0.3) is 0 Å². The minimum absolute atomic E-state index is 0.169. The number of benzene rings is 3. The Morgan fingerprint density at radius 2 is 1.55 bits per heavy atom. The summed E-state index contributed by atoms with van der Waals surface area (Å²) in [4.78, 5) is 32.5. The summed E-state index contributed by atoms with van der Waals surface area (Å²) in [6, 6.07) is 18.2. The van der Waals surface area contributed by atoms with Gasteiger partial charge in [0.25, 0.3) is 5.91 Å². The molecule has 10 heteroatoms. The van der Waals surface area contributed by atoms with E-state index in [1.165, 1.54) is 45.2 Å². The maximum atomic E-state index is 14.3. The Morgan fingerprint density at radius 3 is 2.12 bits per heavy atom. The van der Waals surface area contributed by atoms with Gasteiger partial charge in [0.1, 0.15) is 5.75 Å². The van der Waals surface area contributed by atoms with Crippen LogP contribution in [0.2, 0.25) is 0 Å². The monoisotopic (exact) mass is 566 g/mol. The van der Waals surface area contributed by atoms with E-state index >= 15 is 0 Å². The van der Waals surface area contributed by atoms with Crippen LogP contribution in [-0.4, -0.2) is 78.5 Å². The predicted molar refractivity (Wildman–Crippen MR) is 154 cm³/mol. The molecular weight excluding hydrogens is 532 g/mol. The molecule has 0 fully saturated rings. The van der Waals surface area contributed by atoms with Crippen LogP contribution in [0.4, 0.5) is 5.69 Å². The average molecular weight is 567 g/mol. The number of hydrogen-bond acceptors (Lipinski definition) is 9. The third-order valence-corrected chi connectivity index (χ3v) is 7.92. The van der Waals surface area contributed by atoms with Crippen LogP contribution in [0.5, 0.6) is 23.0 Å². The number of ether oxygens (including phenoxy) is 5. The molecule has 3 aromatic carbocycles. The lowest BCUT2D eigenvalue weighted by Gasteiger charge is -2.29. The highest BCUT2D eigenvalue weighted by molar-refractivity contribution is 7.99. The van der Waals surface area contributed by atoms with E-state index in [-0.39, 0.29) is 11.5 Å². The van der Waals surface area contributed by atoms with E-state index < -0.39 is 17.3 Å². The molecule has 1 aliphatic rings. The van der Waals surface area contributed by atoms with Crippen molar-refractivity contribution in [2.24, 2.45) is 0 Å². The van der Waals surface area contributed by atoms with Crippen LogP contribution in [-0.2, 0) is 9.53 Å². The lowest BCUT2D eigenvalue weighted by Crippen LogP contribution is -2.45. The van der Waals surface area contributed by atoms with E-state index in [0.717, 1.165) is 16.1 Å². The van der Waals surface area contributed by atoms with Crippen molar-refractivity contribution in [2.45, 2.75) is 16.2 Å². The van der Waals surface area contributed by atoms with Crippen LogP contribution in [0.1, 0.15) is 21.2 Å². The second kappa shape index (κ2) is 13.0. The van der Waals surface area contributed by atoms with Crippen molar-refractivity contribution >= 4 is 29.3 Å². The van der Waals surface area contributed by atoms with Crippen LogP contribution in [0, 0.1) is 0 Å². The van der Waals surface area contributed by atoms with E-state index in [0.29, 0.717) is 36.1 Å². The molecule has 1 amide bonds. The molecule has 0 aromatic heterocycles. The number of amides is 1. The number of hydrogen-bond donors (Lipinski definition) is 0. The van der Waals surface area contributed by atoms with Crippen LogP contribution >= 0.6 is 11.8 Å². The molecule has 0 N–H and O–H groups in total. The summed E-state index contributed by atoms with van der Waals surface area (Å²) in [7, 11) is 9.92. The fraction of sp³-hybridized carbons (Fsp3) is 0.333. The molecule has 0 saturated heterocycles. The highest BCUT2D eigenvalue weighted by atomic mass is 32.2. The number of carbonyl (C=O) groups excluding carboxylic acids is 2. The Balaban J connectivity index is 1.79. The van der Waals surface area contributed by atoms with Gasteiger partial charge in [0, 0.05) is 18.0 Å². The second-order valence-corrected chi connectivity index (χ2v) is 10.5. The van der Waals surface area contributed by atoms with Gasteiger partial charge in [-0.15, -0.1) is 11.8 Å². The number of fused-ring (bicyclic) bond motifs is 1. The number of esters is 1. The van der Waals surface area contributed by atoms with E-state index in [2.05, 4.69) is 0 Å². The van der Waals surface area contributed by atoms with Crippen molar-refractivity contribution in [3.63, 3.8) is 0 Å². The number of carbonyl (C=O) groups is 2. The van der Waals surface area contributed by atoms with E-state index in [4.69, 9.17) is 23.7 Å². The molecule has 2 atom stereocenters. The van der Waals surface area contributed by atoms with Gasteiger partial charge in [-0.25, -0.2) is 4.79 Å². The topological polar surface area (TPSA) is 86.8 Å². The number of nitrogens with zero attached hydrogens (tertiary/aromatic N) is 2. The van der Waals surface area contributed by atoms with Gasteiger partial charge in [0.15, 0.2) is 17.6 Å². The third-order valence-electron chi connectivity index (χ3n) is 6.54. The predicted octanol–water partition coefficient (Wildman–Crippen LogP) is 4.69. The zero-order valence-electron chi connectivity index (χ0n) is 23.5. The number of thioether (sulfide) groups is 1. The van der Waals surface area contributed by atoms with Gasteiger partial charge in [-0.1, -0.05) is 24.3 Å². The Kier molecular flexibility index (Phi) is 9.44. The van der Waals surface area contributed by atoms with Gasteiger partial charge < -0.3 is 33.5 Å². The molecule has 4 rings (SSSR count). The molecule has 9 nitrogen and oxygen atoms in total. The summed E-state index contributed by atoms with van der Waals surface area (Å²) in [5.74, 6) is 0.664. The van der Waals surface area contributed by atoms with Gasteiger partial charge in [-0.3, -0.25) is 4.79 Å². The Morgan fingerprint density at radius 1 is 0.900 bits per heavy atom. The first-order chi connectivity index (χ1) is 19.3. The highest BCUT2D eigenvalue weighted by Crippen LogP contribution is 2.47. The molecule has 0 saturated carbocycles. The van der Waals surface area contributed by atoms with Crippen molar-refractivity contribution < 1.29 is 33.3 Å². The van der Waals surface area contributed by atoms with Crippen molar-refractivity contribution in [3.8, 4) is 23.0 Å². The first-order valence-electron chi connectivity index (χ1n) is 12.7. The number of para-hydroxylation sites is 1. The quantitative estimate of drug-likeness (QED) is 0.325. The summed E-state index contributed by atoms with van der Waals surface area (Å²) in [5, 5.41) is -0.519. The number of likely N-dealkylation sites (N-methyl/N-ethyl adjacent to an activating group) is 1. The summed E-state index contributed by atoms with van der Waals surface area (Å²) < 4.78 is 27.6. The molecule has 0 aliphatic carbocycles. The lowest BCUT2D eigenvalue weighted by molar-refractivity contribution is -0.127. The van der Waals surface area contributed by atoms with Crippen molar-refractivity contribution in [3.05, 3.63) is 71.8 Å². The lowest BCUT2D eigenvalue weighted by atomic mass is 10.0. The maximum Gasteiger partial charge on any atom is 0.339 e. The van der Waals surface area contributed by atoms with Crippen LogP contribution in [0.3, 0.4) is 0 Å². The molecule has 212 valence electrons. The SMILES string of the molecule is COc1ccc([C@H]2Sc3ccccc3N(CCN(C)C)C(=O)[C@H]2OC(=O)c2cc(OC)c(OC)c(OC)c2)cc1. The third kappa shape index (κ3) is 6.13. The largest absolute Gasteiger partial charge is 0.497 e. The molecule has 0 unspecified atom stereocenters. The first-order valence-corrected chi connectivity index (χ1v) is 13.6. The van der Waals surface area contributed by atoms with Gasteiger partial charge in [-0.2, -0.15) is 0 Å². The zero-order valence-corrected chi connectivity index (χ0v) is 24.3. The number of methoxy groups -OCH3 is 4. The standard InChI is InChI=1S/C30H34N2O7S/c1-31(2)15-16-32-22-9-7-8-10-25(22)40-28(19-11-13-21(35-3)14-12-19)27(29(32)33)39-30(34)20-17-23(36-4)26(38-6)24(18-20)37-5/h7-14,17-18,27-28H,15-16H2,1-6H3/t27-,28+/m0/s1. The van der Waals surface area contributed by atoms with E-state index in [9.17, 15) is 9.59 Å². The summed E-state index contributed by atoms with van der Waals surface area (Å²) in [5.41, 5.74) is 1.78. The minimum atomic E-state index is -1.13. The summed E-state index contributed by atoms with van der Waals surface area (Å²) in [6.45, 7) is 1.06. The minimum Gasteiger partial charge on any atom is -0.497 e. The smallest absolute Gasteiger partial charge is 0.339 e. The van der Waals surface area contributed by atoms with Gasteiger partial charge in [-0.05, 0) is 56.1 Å².